The van der Waals surface area contributed by atoms with Gasteiger partial charge in [0, 0.05) is 23.2 Å². The fourth-order valence-corrected chi connectivity index (χ4v) is 2.88. The zero-order chi connectivity index (χ0) is 14.5. The molecule has 1 heterocycles. The van der Waals surface area contributed by atoms with Crippen LogP contribution in [0.3, 0.4) is 0 Å². The Kier molecular flexibility index (Phi) is 5.43. The van der Waals surface area contributed by atoms with Crippen molar-refractivity contribution in [1.82, 2.24) is 0 Å². The molecule has 1 atom stereocenters. The third-order valence-electron chi connectivity index (χ3n) is 3.60. The molecule has 3 N–H and O–H groups in total. The number of aryl methyl sites for hydroxylation is 1. The largest absolute Gasteiger partial charge is 0.398 e. The van der Waals surface area contributed by atoms with Crippen molar-refractivity contribution in [3.8, 4) is 0 Å². The van der Waals surface area contributed by atoms with Gasteiger partial charge in [0.2, 0.25) is 5.91 Å². The number of carbonyl (C=O) groups is 1. The summed E-state index contributed by atoms with van der Waals surface area (Å²) in [5.41, 5.74) is 8.26. The van der Waals surface area contributed by atoms with E-state index in [1.54, 1.807) is 6.07 Å². The molecule has 0 aliphatic carbocycles. The summed E-state index contributed by atoms with van der Waals surface area (Å²) in [5, 5.41) is 2.90. The Morgan fingerprint density at radius 2 is 2.30 bits per heavy atom. The molecule has 1 saturated heterocycles. The first-order valence-corrected chi connectivity index (χ1v) is 7.82. The number of hydrogen-bond donors (Lipinski definition) is 2. The van der Waals surface area contributed by atoms with Gasteiger partial charge in [-0.3, -0.25) is 4.79 Å². The monoisotopic (exact) mass is 340 g/mol. The first-order chi connectivity index (χ1) is 9.56. The molecule has 1 aromatic carbocycles. The molecule has 1 aromatic rings. The zero-order valence-corrected chi connectivity index (χ0v) is 13.3. The molecule has 1 aliphatic heterocycles. The molecule has 20 heavy (non-hydrogen) atoms. The molecule has 0 radical (unpaired) electrons. The van der Waals surface area contributed by atoms with E-state index in [4.69, 9.17) is 10.5 Å². The van der Waals surface area contributed by atoms with E-state index in [-0.39, 0.29) is 12.0 Å². The highest BCUT2D eigenvalue weighted by Crippen LogP contribution is 2.28. The van der Waals surface area contributed by atoms with E-state index in [1.165, 1.54) is 6.42 Å². The normalized spacial score (nSPS) is 18.8. The summed E-state index contributed by atoms with van der Waals surface area (Å²) in [7, 11) is 0. The van der Waals surface area contributed by atoms with Crippen molar-refractivity contribution in [2.75, 3.05) is 17.7 Å². The van der Waals surface area contributed by atoms with Crippen LogP contribution in [0, 0.1) is 6.92 Å². The van der Waals surface area contributed by atoms with E-state index in [2.05, 4.69) is 21.2 Å². The Balaban J connectivity index is 1.86. The van der Waals surface area contributed by atoms with Gasteiger partial charge in [0.15, 0.2) is 0 Å². The Bertz CT molecular complexity index is 485. The Morgan fingerprint density at radius 1 is 1.50 bits per heavy atom. The van der Waals surface area contributed by atoms with Crippen molar-refractivity contribution in [3.63, 3.8) is 0 Å². The van der Waals surface area contributed by atoms with Crippen LogP contribution in [-0.2, 0) is 9.53 Å². The van der Waals surface area contributed by atoms with Gasteiger partial charge in [-0.25, -0.2) is 0 Å². The molecule has 0 spiro atoms. The number of rotatable bonds is 4. The number of anilines is 2. The minimum atomic E-state index is 0.00289. The lowest BCUT2D eigenvalue weighted by Crippen LogP contribution is -2.21. The lowest BCUT2D eigenvalue weighted by Gasteiger charge is -2.22. The molecule has 0 aromatic heterocycles. The maximum Gasteiger partial charge on any atom is 0.224 e. The SMILES string of the molecule is Cc1cc(Br)c(NC(=O)CCC2CCCCO2)cc1N. The quantitative estimate of drug-likeness (QED) is 0.822. The topological polar surface area (TPSA) is 64.3 Å². The Labute approximate surface area is 128 Å². The molecule has 0 saturated carbocycles. The van der Waals surface area contributed by atoms with Crippen molar-refractivity contribution >= 4 is 33.2 Å². The van der Waals surface area contributed by atoms with E-state index in [9.17, 15) is 4.79 Å². The van der Waals surface area contributed by atoms with E-state index in [0.29, 0.717) is 12.1 Å². The molecular weight excluding hydrogens is 320 g/mol. The summed E-state index contributed by atoms with van der Waals surface area (Å²) >= 11 is 3.44. The van der Waals surface area contributed by atoms with Crippen LogP contribution in [0.2, 0.25) is 0 Å². The van der Waals surface area contributed by atoms with Crippen molar-refractivity contribution in [2.45, 2.75) is 45.1 Å². The zero-order valence-electron chi connectivity index (χ0n) is 11.7. The number of benzene rings is 1. The second kappa shape index (κ2) is 7.09. The maximum absolute atomic E-state index is 12.0. The molecule has 1 unspecified atom stereocenters. The van der Waals surface area contributed by atoms with Crippen LogP contribution in [0.15, 0.2) is 16.6 Å². The first-order valence-electron chi connectivity index (χ1n) is 7.03. The van der Waals surface area contributed by atoms with E-state index in [1.807, 2.05) is 13.0 Å². The van der Waals surface area contributed by atoms with Crippen LogP contribution in [0.4, 0.5) is 11.4 Å². The fourth-order valence-electron chi connectivity index (χ4n) is 2.33. The van der Waals surface area contributed by atoms with Gasteiger partial charge in [-0.05, 0) is 66.2 Å². The summed E-state index contributed by atoms with van der Waals surface area (Å²) in [6.07, 6.45) is 4.90. The van der Waals surface area contributed by atoms with Crippen LogP contribution >= 0.6 is 15.9 Å². The molecular formula is C15H21BrN2O2. The third kappa shape index (κ3) is 4.21. The average molecular weight is 341 g/mol. The highest BCUT2D eigenvalue weighted by atomic mass is 79.9. The molecule has 2 rings (SSSR count). The number of ether oxygens (including phenoxy) is 1. The van der Waals surface area contributed by atoms with E-state index >= 15 is 0 Å². The molecule has 1 amide bonds. The highest BCUT2D eigenvalue weighted by Gasteiger charge is 2.16. The van der Waals surface area contributed by atoms with Gasteiger partial charge >= 0.3 is 0 Å². The van der Waals surface area contributed by atoms with Crippen LogP contribution in [0.5, 0.6) is 0 Å². The molecule has 0 bridgehead atoms. The molecule has 1 aliphatic rings. The van der Waals surface area contributed by atoms with Gasteiger partial charge in [0.25, 0.3) is 0 Å². The van der Waals surface area contributed by atoms with Crippen LogP contribution in [0.25, 0.3) is 0 Å². The summed E-state index contributed by atoms with van der Waals surface area (Å²) in [4.78, 5) is 12.0. The summed E-state index contributed by atoms with van der Waals surface area (Å²) < 4.78 is 6.48. The number of hydrogen-bond acceptors (Lipinski definition) is 3. The number of halogens is 1. The molecule has 4 nitrogen and oxygen atoms in total. The fraction of sp³-hybridized carbons (Fsp3) is 0.533. The maximum atomic E-state index is 12.0. The van der Waals surface area contributed by atoms with E-state index in [0.717, 1.165) is 41.6 Å². The van der Waals surface area contributed by atoms with Gasteiger partial charge in [0.05, 0.1) is 11.8 Å². The van der Waals surface area contributed by atoms with E-state index < -0.39 is 0 Å². The molecule has 1 fully saturated rings. The van der Waals surface area contributed by atoms with Crippen LogP contribution in [0.1, 0.15) is 37.7 Å². The summed E-state index contributed by atoms with van der Waals surface area (Å²) in [6.45, 7) is 2.76. The smallest absolute Gasteiger partial charge is 0.224 e. The standard InChI is InChI=1S/C15H21BrN2O2/c1-10-8-12(16)14(9-13(10)17)18-15(19)6-5-11-4-2-3-7-20-11/h8-9,11H,2-7,17H2,1H3,(H,18,19). The van der Waals surface area contributed by atoms with Gasteiger partial charge in [-0.1, -0.05) is 0 Å². The highest BCUT2D eigenvalue weighted by molar-refractivity contribution is 9.10. The van der Waals surface area contributed by atoms with Gasteiger partial charge in [-0.15, -0.1) is 0 Å². The first kappa shape index (κ1) is 15.3. The Morgan fingerprint density at radius 3 is 3.00 bits per heavy atom. The second-order valence-electron chi connectivity index (χ2n) is 5.26. The lowest BCUT2D eigenvalue weighted by atomic mass is 10.0. The van der Waals surface area contributed by atoms with Crippen LogP contribution in [-0.4, -0.2) is 18.6 Å². The van der Waals surface area contributed by atoms with Crippen molar-refractivity contribution < 1.29 is 9.53 Å². The van der Waals surface area contributed by atoms with Crippen LogP contribution < -0.4 is 11.1 Å². The van der Waals surface area contributed by atoms with Crippen molar-refractivity contribution in [3.05, 3.63) is 22.2 Å². The van der Waals surface area contributed by atoms with Gasteiger partial charge in [-0.2, -0.15) is 0 Å². The predicted molar refractivity (Wildman–Crippen MR) is 84.7 cm³/mol. The number of amides is 1. The Hall–Kier alpha value is -1.07. The second-order valence-corrected chi connectivity index (χ2v) is 6.12. The minimum absolute atomic E-state index is 0.00289. The predicted octanol–water partition coefficient (Wildman–Crippen LogP) is 3.63. The molecule has 5 heteroatoms. The number of nitrogen functional groups attached to an aromatic ring is 1. The van der Waals surface area contributed by atoms with Crippen molar-refractivity contribution in [2.24, 2.45) is 0 Å². The number of nitrogens with one attached hydrogen (secondary N) is 1. The van der Waals surface area contributed by atoms with Crippen molar-refractivity contribution in [1.29, 1.82) is 0 Å². The number of carbonyl (C=O) groups excluding carboxylic acids is 1. The third-order valence-corrected chi connectivity index (χ3v) is 4.25. The molecule has 110 valence electrons. The number of nitrogens with two attached hydrogens (primary N) is 1. The van der Waals surface area contributed by atoms with Gasteiger partial charge < -0.3 is 15.8 Å². The minimum Gasteiger partial charge on any atom is -0.398 e. The van der Waals surface area contributed by atoms with Gasteiger partial charge in [0.1, 0.15) is 0 Å². The lowest BCUT2D eigenvalue weighted by molar-refractivity contribution is -0.117. The summed E-state index contributed by atoms with van der Waals surface area (Å²) in [6, 6.07) is 3.70. The summed E-state index contributed by atoms with van der Waals surface area (Å²) in [5.74, 6) is 0.00289. The average Bonchev–Trinajstić information content (AvgIpc) is 2.44.